The van der Waals surface area contributed by atoms with Gasteiger partial charge in [0.25, 0.3) is 5.91 Å². The number of amides is 1. The number of hydrogen-bond donors (Lipinski definition) is 0. The molecule has 5 heteroatoms. The lowest BCUT2D eigenvalue weighted by molar-refractivity contribution is 0.0857. The van der Waals surface area contributed by atoms with Crippen LogP contribution in [-0.4, -0.2) is 36.2 Å². The van der Waals surface area contributed by atoms with E-state index in [0.717, 1.165) is 10.9 Å². The molecule has 0 N–H and O–H groups in total. The Labute approximate surface area is 146 Å². The van der Waals surface area contributed by atoms with Crippen LogP contribution in [0.2, 0.25) is 0 Å². The van der Waals surface area contributed by atoms with Crippen molar-refractivity contribution in [1.29, 1.82) is 0 Å². The van der Waals surface area contributed by atoms with Crippen molar-refractivity contribution in [2.24, 2.45) is 4.99 Å². The van der Waals surface area contributed by atoms with Crippen molar-refractivity contribution in [3.8, 4) is 5.75 Å². The molecule has 0 unspecified atom stereocenters. The number of nitrogens with zero attached hydrogens (tertiary/aromatic N) is 2. The molecule has 0 radical (unpaired) electrons. The first-order valence-electron chi connectivity index (χ1n) is 7.86. The number of amidine groups is 1. The molecule has 124 valence electrons. The maximum Gasteiger partial charge on any atom is 0.263 e. The molecular formula is C19H20N2O2S. The summed E-state index contributed by atoms with van der Waals surface area (Å²) in [6, 6.07) is 15.7. The van der Waals surface area contributed by atoms with Gasteiger partial charge >= 0.3 is 0 Å². The van der Waals surface area contributed by atoms with Crippen molar-refractivity contribution in [1.82, 2.24) is 4.90 Å². The van der Waals surface area contributed by atoms with Crippen LogP contribution in [0.25, 0.3) is 0 Å². The van der Waals surface area contributed by atoms with Gasteiger partial charge in [0.05, 0.1) is 19.2 Å². The number of rotatable bonds is 4. The molecule has 2 aromatic rings. The zero-order valence-corrected chi connectivity index (χ0v) is 14.7. The monoisotopic (exact) mass is 340 g/mol. The largest absolute Gasteiger partial charge is 0.496 e. The summed E-state index contributed by atoms with van der Waals surface area (Å²) < 4.78 is 5.31. The highest BCUT2D eigenvalue weighted by atomic mass is 32.2. The maximum atomic E-state index is 12.9. The van der Waals surface area contributed by atoms with Gasteiger partial charge in [-0.1, -0.05) is 53.7 Å². The first-order valence-corrected chi connectivity index (χ1v) is 8.85. The summed E-state index contributed by atoms with van der Waals surface area (Å²) in [5.74, 6) is 1.34. The summed E-state index contributed by atoms with van der Waals surface area (Å²) in [5.41, 5.74) is 3.05. The van der Waals surface area contributed by atoms with Crippen LogP contribution in [-0.2, 0) is 5.75 Å². The van der Waals surface area contributed by atoms with Crippen LogP contribution in [0.5, 0.6) is 5.75 Å². The average Bonchev–Trinajstić information content (AvgIpc) is 3.08. The Hall–Kier alpha value is -2.27. The molecule has 1 heterocycles. The quantitative estimate of drug-likeness (QED) is 0.851. The molecule has 0 saturated carbocycles. The van der Waals surface area contributed by atoms with E-state index in [1.165, 1.54) is 11.1 Å². The van der Waals surface area contributed by atoms with Crippen LogP contribution in [0, 0.1) is 6.92 Å². The van der Waals surface area contributed by atoms with Gasteiger partial charge in [-0.25, -0.2) is 0 Å². The highest BCUT2D eigenvalue weighted by molar-refractivity contribution is 8.13. The summed E-state index contributed by atoms with van der Waals surface area (Å²) >= 11 is 1.60. The second kappa shape index (κ2) is 7.53. The van der Waals surface area contributed by atoms with Gasteiger partial charge in [0.15, 0.2) is 5.17 Å². The minimum absolute atomic E-state index is 0.0551. The molecule has 0 atom stereocenters. The van der Waals surface area contributed by atoms with Gasteiger partial charge in [0.2, 0.25) is 0 Å². The van der Waals surface area contributed by atoms with E-state index in [1.54, 1.807) is 35.9 Å². The third kappa shape index (κ3) is 3.62. The second-order valence-corrected chi connectivity index (χ2v) is 6.54. The zero-order valence-electron chi connectivity index (χ0n) is 13.9. The predicted molar refractivity (Wildman–Crippen MR) is 98.8 cm³/mol. The normalized spacial score (nSPS) is 13.8. The Kier molecular flexibility index (Phi) is 5.20. The third-order valence-electron chi connectivity index (χ3n) is 3.83. The van der Waals surface area contributed by atoms with E-state index in [-0.39, 0.29) is 5.91 Å². The van der Waals surface area contributed by atoms with Crippen LogP contribution >= 0.6 is 11.8 Å². The maximum absolute atomic E-state index is 12.9. The summed E-state index contributed by atoms with van der Waals surface area (Å²) in [7, 11) is 1.58. The third-order valence-corrected chi connectivity index (χ3v) is 4.92. The number of benzene rings is 2. The molecule has 0 spiro atoms. The van der Waals surface area contributed by atoms with Gasteiger partial charge in [-0.2, -0.15) is 0 Å². The van der Waals surface area contributed by atoms with Crippen LogP contribution in [0.3, 0.4) is 0 Å². The predicted octanol–water partition coefficient (Wildman–Crippen LogP) is 3.75. The molecule has 2 aromatic carbocycles. The Balaban J connectivity index is 1.72. The van der Waals surface area contributed by atoms with Crippen molar-refractivity contribution >= 4 is 22.8 Å². The van der Waals surface area contributed by atoms with E-state index in [4.69, 9.17) is 4.74 Å². The number of thioether (sulfide) groups is 1. The number of para-hydroxylation sites is 1. The molecule has 1 aliphatic rings. The van der Waals surface area contributed by atoms with E-state index in [2.05, 4.69) is 36.2 Å². The number of methoxy groups -OCH3 is 1. The van der Waals surface area contributed by atoms with Crippen molar-refractivity contribution in [2.75, 3.05) is 20.2 Å². The first kappa shape index (κ1) is 16.6. The Morgan fingerprint density at radius 3 is 2.88 bits per heavy atom. The van der Waals surface area contributed by atoms with Crippen LogP contribution in [0.1, 0.15) is 21.5 Å². The molecule has 0 fully saturated rings. The number of carbonyl (C=O) groups is 1. The lowest BCUT2D eigenvalue weighted by Crippen LogP contribution is -2.33. The average molecular weight is 340 g/mol. The SMILES string of the molecule is COc1ccccc1C(=O)N1CCN=C1SCc1cccc(C)c1. The number of carbonyl (C=O) groups excluding carboxylic acids is 1. The molecular weight excluding hydrogens is 320 g/mol. The Bertz CT molecular complexity index is 773. The van der Waals surface area contributed by atoms with Crippen molar-refractivity contribution in [3.63, 3.8) is 0 Å². The van der Waals surface area contributed by atoms with Gasteiger partial charge in [-0.15, -0.1) is 0 Å². The van der Waals surface area contributed by atoms with Crippen LogP contribution in [0.15, 0.2) is 53.5 Å². The second-order valence-electron chi connectivity index (χ2n) is 5.60. The summed E-state index contributed by atoms with van der Waals surface area (Å²) in [5, 5.41) is 0.785. The Morgan fingerprint density at radius 1 is 1.25 bits per heavy atom. The molecule has 0 bridgehead atoms. The number of hydrogen-bond acceptors (Lipinski definition) is 4. The van der Waals surface area contributed by atoms with E-state index in [9.17, 15) is 4.79 Å². The fourth-order valence-electron chi connectivity index (χ4n) is 2.66. The standard InChI is InChI=1S/C19H20N2O2S/c1-14-6-5-7-15(12-14)13-24-19-20-10-11-21(19)18(22)16-8-3-4-9-17(16)23-2/h3-9,12H,10-11,13H2,1-2H3. The highest BCUT2D eigenvalue weighted by Gasteiger charge is 2.26. The fourth-order valence-corrected chi connectivity index (χ4v) is 3.64. The smallest absolute Gasteiger partial charge is 0.263 e. The number of aliphatic imine (C=N–C) groups is 1. The van der Waals surface area contributed by atoms with E-state index in [1.807, 2.05) is 12.1 Å². The van der Waals surface area contributed by atoms with Crippen molar-refractivity contribution < 1.29 is 9.53 Å². The first-order chi connectivity index (χ1) is 11.7. The minimum atomic E-state index is -0.0551. The molecule has 1 aliphatic heterocycles. The van der Waals surface area contributed by atoms with Gasteiger partial charge < -0.3 is 4.74 Å². The van der Waals surface area contributed by atoms with Crippen LogP contribution < -0.4 is 4.74 Å². The highest BCUT2D eigenvalue weighted by Crippen LogP contribution is 2.25. The van der Waals surface area contributed by atoms with Gasteiger partial charge in [0.1, 0.15) is 5.75 Å². The molecule has 3 rings (SSSR count). The molecule has 24 heavy (non-hydrogen) atoms. The van der Waals surface area contributed by atoms with Crippen molar-refractivity contribution in [3.05, 3.63) is 65.2 Å². The molecule has 0 aromatic heterocycles. The topological polar surface area (TPSA) is 41.9 Å². The van der Waals surface area contributed by atoms with Crippen molar-refractivity contribution in [2.45, 2.75) is 12.7 Å². The number of aryl methyl sites for hydroxylation is 1. The van der Waals surface area contributed by atoms with Crippen LogP contribution in [0.4, 0.5) is 0 Å². The van der Waals surface area contributed by atoms with E-state index in [0.29, 0.717) is 24.4 Å². The zero-order chi connectivity index (χ0) is 16.9. The summed E-state index contributed by atoms with van der Waals surface area (Å²) in [6.07, 6.45) is 0. The molecule has 4 nitrogen and oxygen atoms in total. The molecule has 0 saturated heterocycles. The number of ether oxygens (including phenoxy) is 1. The summed E-state index contributed by atoms with van der Waals surface area (Å²) in [6.45, 7) is 3.35. The van der Waals surface area contributed by atoms with E-state index < -0.39 is 0 Å². The lowest BCUT2D eigenvalue weighted by Gasteiger charge is -2.19. The van der Waals surface area contributed by atoms with Gasteiger partial charge in [-0.05, 0) is 24.6 Å². The van der Waals surface area contributed by atoms with Gasteiger partial charge in [-0.3, -0.25) is 14.7 Å². The summed E-state index contributed by atoms with van der Waals surface area (Å²) in [4.78, 5) is 19.1. The van der Waals surface area contributed by atoms with Gasteiger partial charge in [0, 0.05) is 12.3 Å². The Morgan fingerprint density at radius 2 is 2.08 bits per heavy atom. The molecule has 0 aliphatic carbocycles. The fraction of sp³-hybridized carbons (Fsp3) is 0.263. The van der Waals surface area contributed by atoms with E-state index >= 15 is 0 Å². The lowest BCUT2D eigenvalue weighted by atomic mass is 10.2. The molecule has 1 amide bonds. The minimum Gasteiger partial charge on any atom is -0.496 e.